The van der Waals surface area contributed by atoms with E-state index in [1.54, 1.807) is 12.1 Å². The summed E-state index contributed by atoms with van der Waals surface area (Å²) in [7, 11) is 0. The molecule has 3 rings (SSSR count). The molecule has 1 saturated carbocycles. The first-order valence-corrected chi connectivity index (χ1v) is 6.87. The summed E-state index contributed by atoms with van der Waals surface area (Å²) in [4.78, 5) is 2.30. The smallest absolute Gasteiger partial charge is 0.141 e. The number of hydrogen-bond acceptors (Lipinski definition) is 2. The van der Waals surface area contributed by atoms with Crippen LogP contribution in [0.2, 0.25) is 5.02 Å². The standard InChI is InChI=1S/C14H17ClFNO/c15-11-8-10(3-4-12(11)16)9-17-7-1-2-13(17)14(18)5-6-14/h3-4,8,13,18H,1-2,5-7,9H2. The van der Waals surface area contributed by atoms with Crippen molar-refractivity contribution in [1.29, 1.82) is 0 Å². The predicted molar refractivity (Wildman–Crippen MR) is 69.0 cm³/mol. The van der Waals surface area contributed by atoms with Crippen LogP contribution in [0.25, 0.3) is 0 Å². The fourth-order valence-electron chi connectivity index (χ4n) is 2.96. The highest BCUT2D eigenvalue weighted by atomic mass is 35.5. The quantitative estimate of drug-likeness (QED) is 0.912. The molecule has 0 amide bonds. The molecule has 1 unspecified atom stereocenters. The molecule has 1 aromatic rings. The summed E-state index contributed by atoms with van der Waals surface area (Å²) in [6, 6.07) is 5.13. The fourth-order valence-corrected chi connectivity index (χ4v) is 3.16. The molecule has 1 aromatic carbocycles. The van der Waals surface area contributed by atoms with Gasteiger partial charge in [-0.1, -0.05) is 17.7 Å². The van der Waals surface area contributed by atoms with Crippen molar-refractivity contribution < 1.29 is 9.50 Å². The minimum absolute atomic E-state index is 0.174. The number of halogens is 2. The SMILES string of the molecule is OC1(C2CCCN2Cc2ccc(F)c(Cl)c2)CC1. The summed E-state index contributed by atoms with van der Waals surface area (Å²) in [5, 5.41) is 10.4. The molecule has 1 aliphatic heterocycles. The summed E-state index contributed by atoms with van der Waals surface area (Å²) in [5.41, 5.74) is 0.554. The van der Waals surface area contributed by atoms with Gasteiger partial charge < -0.3 is 5.11 Å². The first-order valence-electron chi connectivity index (χ1n) is 6.49. The molecule has 1 N–H and O–H groups in total. The lowest BCUT2D eigenvalue weighted by Gasteiger charge is -2.28. The molecule has 1 heterocycles. The van der Waals surface area contributed by atoms with Gasteiger partial charge in [-0.2, -0.15) is 0 Å². The highest BCUT2D eigenvalue weighted by Gasteiger charge is 2.51. The summed E-state index contributed by atoms with van der Waals surface area (Å²) >= 11 is 5.80. The van der Waals surface area contributed by atoms with Gasteiger partial charge in [-0.25, -0.2) is 4.39 Å². The molecule has 1 saturated heterocycles. The van der Waals surface area contributed by atoms with Crippen molar-refractivity contribution in [2.24, 2.45) is 0 Å². The van der Waals surface area contributed by atoms with Gasteiger partial charge in [0.05, 0.1) is 10.6 Å². The van der Waals surface area contributed by atoms with Crippen LogP contribution in [0.3, 0.4) is 0 Å². The van der Waals surface area contributed by atoms with Gasteiger partial charge in [0, 0.05) is 12.6 Å². The third kappa shape index (κ3) is 2.27. The summed E-state index contributed by atoms with van der Waals surface area (Å²) in [6.45, 7) is 1.74. The Morgan fingerprint density at radius 1 is 1.44 bits per heavy atom. The number of rotatable bonds is 3. The second-order valence-corrected chi connectivity index (χ2v) is 5.89. The lowest BCUT2D eigenvalue weighted by Crippen LogP contribution is -2.40. The zero-order chi connectivity index (χ0) is 12.8. The van der Waals surface area contributed by atoms with Gasteiger partial charge in [-0.15, -0.1) is 0 Å². The molecule has 4 heteroatoms. The van der Waals surface area contributed by atoms with Crippen molar-refractivity contribution >= 4 is 11.6 Å². The molecule has 2 nitrogen and oxygen atoms in total. The van der Waals surface area contributed by atoms with Gasteiger partial charge in [0.15, 0.2) is 0 Å². The first kappa shape index (κ1) is 12.4. The van der Waals surface area contributed by atoms with Gasteiger partial charge in [0.25, 0.3) is 0 Å². The molecule has 0 aromatic heterocycles. The molecule has 0 bridgehead atoms. The second-order valence-electron chi connectivity index (χ2n) is 5.48. The Bertz CT molecular complexity index is 461. The van der Waals surface area contributed by atoms with E-state index in [0.717, 1.165) is 44.3 Å². The van der Waals surface area contributed by atoms with Crippen molar-refractivity contribution in [3.63, 3.8) is 0 Å². The zero-order valence-corrected chi connectivity index (χ0v) is 11.0. The predicted octanol–water partition coefficient (Wildman–Crippen LogP) is 2.97. The normalized spacial score (nSPS) is 26.5. The van der Waals surface area contributed by atoms with Crippen molar-refractivity contribution in [2.45, 2.75) is 43.9 Å². The molecule has 2 fully saturated rings. The summed E-state index contributed by atoms with van der Waals surface area (Å²) in [5.74, 6) is -0.376. The lowest BCUT2D eigenvalue weighted by molar-refractivity contribution is 0.0481. The molecule has 1 aliphatic carbocycles. The van der Waals surface area contributed by atoms with Crippen molar-refractivity contribution in [3.8, 4) is 0 Å². The molecule has 18 heavy (non-hydrogen) atoms. The minimum Gasteiger partial charge on any atom is -0.388 e. The Morgan fingerprint density at radius 2 is 2.22 bits per heavy atom. The topological polar surface area (TPSA) is 23.5 Å². The van der Waals surface area contributed by atoms with Gasteiger partial charge in [0.1, 0.15) is 5.82 Å². The van der Waals surface area contributed by atoms with Gasteiger partial charge >= 0.3 is 0 Å². The number of likely N-dealkylation sites (tertiary alicyclic amines) is 1. The van der Waals surface area contributed by atoms with Gasteiger partial charge in [-0.05, 0) is 49.9 Å². The van der Waals surface area contributed by atoms with Crippen LogP contribution in [-0.4, -0.2) is 28.2 Å². The van der Waals surface area contributed by atoms with E-state index in [0.29, 0.717) is 0 Å². The number of aliphatic hydroxyl groups is 1. The molecule has 1 atom stereocenters. The molecule has 98 valence electrons. The van der Waals surface area contributed by atoms with Crippen LogP contribution in [0.4, 0.5) is 4.39 Å². The molecular weight excluding hydrogens is 253 g/mol. The summed E-state index contributed by atoms with van der Waals surface area (Å²) < 4.78 is 13.1. The maximum absolute atomic E-state index is 13.1. The molecule has 0 radical (unpaired) electrons. The number of nitrogens with zero attached hydrogens (tertiary/aromatic N) is 1. The van der Waals surface area contributed by atoms with E-state index >= 15 is 0 Å². The van der Waals surface area contributed by atoms with Crippen LogP contribution in [0.1, 0.15) is 31.2 Å². The van der Waals surface area contributed by atoms with E-state index in [2.05, 4.69) is 4.90 Å². The average Bonchev–Trinajstić information content (AvgIpc) is 2.90. The highest BCUT2D eigenvalue weighted by molar-refractivity contribution is 6.30. The van der Waals surface area contributed by atoms with Crippen molar-refractivity contribution in [1.82, 2.24) is 4.90 Å². The lowest BCUT2D eigenvalue weighted by atomic mass is 10.1. The van der Waals surface area contributed by atoms with Crippen LogP contribution in [0, 0.1) is 5.82 Å². The van der Waals surface area contributed by atoms with Gasteiger partial charge in [0.2, 0.25) is 0 Å². The second kappa shape index (κ2) is 4.48. The van der Waals surface area contributed by atoms with Gasteiger partial charge in [-0.3, -0.25) is 4.90 Å². The minimum atomic E-state index is -0.458. The van der Waals surface area contributed by atoms with Crippen LogP contribution in [-0.2, 0) is 6.54 Å². The van der Waals surface area contributed by atoms with Crippen molar-refractivity contribution in [3.05, 3.63) is 34.6 Å². The largest absolute Gasteiger partial charge is 0.388 e. The Labute approximate surface area is 111 Å². The van der Waals surface area contributed by atoms with Crippen LogP contribution in [0.5, 0.6) is 0 Å². The Kier molecular flexibility index (Phi) is 3.08. The van der Waals surface area contributed by atoms with E-state index < -0.39 is 5.60 Å². The fraction of sp³-hybridized carbons (Fsp3) is 0.571. The van der Waals surface area contributed by atoms with E-state index in [4.69, 9.17) is 11.6 Å². The van der Waals surface area contributed by atoms with Crippen molar-refractivity contribution in [2.75, 3.05) is 6.54 Å². The third-order valence-electron chi connectivity index (χ3n) is 4.12. The molecule has 2 aliphatic rings. The highest BCUT2D eigenvalue weighted by Crippen LogP contribution is 2.44. The van der Waals surface area contributed by atoms with E-state index in [1.165, 1.54) is 6.07 Å². The monoisotopic (exact) mass is 269 g/mol. The molecule has 0 spiro atoms. The molecular formula is C14H17ClFNO. The Balaban J connectivity index is 1.73. The Hall–Kier alpha value is -0.640. The zero-order valence-electron chi connectivity index (χ0n) is 10.2. The number of hydrogen-bond donors (Lipinski definition) is 1. The van der Waals surface area contributed by atoms with E-state index in [9.17, 15) is 9.50 Å². The Morgan fingerprint density at radius 3 is 2.89 bits per heavy atom. The van der Waals surface area contributed by atoms with Crippen LogP contribution in [0.15, 0.2) is 18.2 Å². The summed E-state index contributed by atoms with van der Waals surface area (Å²) in [6.07, 6.45) is 4.02. The number of benzene rings is 1. The first-order chi connectivity index (χ1) is 8.58. The van der Waals surface area contributed by atoms with Crippen LogP contribution >= 0.6 is 11.6 Å². The third-order valence-corrected chi connectivity index (χ3v) is 4.41. The van der Waals surface area contributed by atoms with E-state index in [-0.39, 0.29) is 16.9 Å². The van der Waals surface area contributed by atoms with Crippen LogP contribution < -0.4 is 0 Å². The maximum Gasteiger partial charge on any atom is 0.141 e. The average molecular weight is 270 g/mol. The van der Waals surface area contributed by atoms with E-state index in [1.807, 2.05) is 0 Å². The maximum atomic E-state index is 13.1.